The van der Waals surface area contributed by atoms with Gasteiger partial charge in [-0.2, -0.15) is 0 Å². The lowest BCUT2D eigenvalue weighted by Crippen LogP contribution is -2.41. The molecule has 1 saturated heterocycles. The largest absolute Gasteiger partial charge is 0.483 e. The second kappa shape index (κ2) is 7.08. The Morgan fingerprint density at radius 2 is 1.93 bits per heavy atom. The fourth-order valence-corrected chi connectivity index (χ4v) is 3.12. The number of rotatable bonds is 4. The molecule has 1 aromatic carbocycles. The summed E-state index contributed by atoms with van der Waals surface area (Å²) in [5, 5.41) is 20.6. The molecule has 4 atom stereocenters. The number of fused-ring (bicyclic) bond motifs is 1. The molecule has 1 aliphatic heterocycles. The van der Waals surface area contributed by atoms with Crippen LogP contribution in [0.25, 0.3) is 11.0 Å². The Hall–Kier alpha value is -3.21. The van der Waals surface area contributed by atoms with Crippen molar-refractivity contribution in [3.8, 4) is 5.75 Å². The smallest absolute Gasteiger partial charge is 0.336 e. The zero-order chi connectivity index (χ0) is 19.8. The van der Waals surface area contributed by atoms with E-state index in [1.165, 1.54) is 18.3 Å². The van der Waals surface area contributed by atoms with Gasteiger partial charge in [0.05, 0.1) is 6.61 Å². The van der Waals surface area contributed by atoms with Gasteiger partial charge in [0.1, 0.15) is 23.5 Å². The number of aromatic nitrogens is 2. The average Bonchev–Trinajstić information content (AvgIpc) is 2.97. The molecule has 0 saturated carbocycles. The van der Waals surface area contributed by atoms with Gasteiger partial charge in [0, 0.05) is 29.8 Å². The fraction of sp³-hybridized carbons (Fsp3) is 0.278. The highest BCUT2D eigenvalue weighted by Crippen LogP contribution is 2.32. The lowest BCUT2D eigenvalue weighted by molar-refractivity contribution is -0.0523. The highest BCUT2D eigenvalue weighted by Gasteiger charge is 2.46. The molecule has 0 amide bonds. The molecule has 4 rings (SSSR count). The molecule has 146 valence electrons. The molecule has 10 nitrogen and oxygen atoms in total. The summed E-state index contributed by atoms with van der Waals surface area (Å²) in [5.41, 5.74) is -1.57. The van der Waals surface area contributed by atoms with E-state index in [0.717, 1.165) is 10.6 Å². The maximum atomic E-state index is 12.1. The van der Waals surface area contributed by atoms with Crippen molar-refractivity contribution in [3.63, 3.8) is 0 Å². The number of benzene rings is 1. The van der Waals surface area contributed by atoms with Crippen molar-refractivity contribution in [2.75, 3.05) is 6.61 Å². The number of aliphatic hydroxyl groups is 2. The maximum Gasteiger partial charge on any atom is 0.336 e. The molecule has 0 bridgehead atoms. The van der Waals surface area contributed by atoms with Crippen LogP contribution in [-0.4, -0.2) is 44.7 Å². The number of H-pyrrole nitrogens is 1. The van der Waals surface area contributed by atoms with Crippen molar-refractivity contribution in [1.29, 1.82) is 0 Å². The van der Waals surface area contributed by atoms with Crippen LogP contribution in [0.3, 0.4) is 0 Å². The second-order valence-corrected chi connectivity index (χ2v) is 6.29. The Bertz CT molecular complexity index is 1180. The fourth-order valence-electron chi connectivity index (χ4n) is 3.12. The first kappa shape index (κ1) is 18.2. The van der Waals surface area contributed by atoms with E-state index in [1.54, 1.807) is 18.2 Å². The van der Waals surface area contributed by atoms with Crippen LogP contribution in [0.5, 0.6) is 5.75 Å². The topological polar surface area (TPSA) is 144 Å². The first-order valence-electron chi connectivity index (χ1n) is 8.43. The van der Waals surface area contributed by atoms with E-state index in [0.29, 0.717) is 5.39 Å². The van der Waals surface area contributed by atoms with Crippen LogP contribution >= 0.6 is 0 Å². The molecule has 0 aliphatic carbocycles. The molecule has 0 radical (unpaired) electrons. The molecule has 3 heterocycles. The first-order chi connectivity index (χ1) is 13.5. The van der Waals surface area contributed by atoms with E-state index in [2.05, 4.69) is 4.98 Å². The number of aromatic amines is 1. The van der Waals surface area contributed by atoms with Gasteiger partial charge in [0.2, 0.25) is 0 Å². The van der Waals surface area contributed by atoms with Crippen LogP contribution in [-0.2, 0) is 4.74 Å². The first-order valence-corrected chi connectivity index (χ1v) is 8.43. The van der Waals surface area contributed by atoms with Gasteiger partial charge in [-0.05, 0) is 18.2 Å². The lowest BCUT2D eigenvalue weighted by atomic mass is 10.1. The number of hydrogen-bond donors (Lipinski definition) is 3. The molecule has 10 heteroatoms. The van der Waals surface area contributed by atoms with E-state index in [4.69, 9.17) is 13.9 Å². The number of nitrogens with zero attached hydrogens (tertiary/aromatic N) is 1. The Morgan fingerprint density at radius 1 is 1.14 bits per heavy atom. The molecular formula is C18H16N2O8. The zero-order valence-electron chi connectivity index (χ0n) is 14.3. The standard InChI is InChI=1S/C18H16N2O8/c21-8-12-15(24)16(17(28-12)20-6-5-13(22)19-18(20)25)26-10-3-1-9-2-4-14(23)27-11(9)7-10/h1-7,12,15-17,21,24H,8H2,(H,19,22,25)/t12-,15-,16-,17-/m1/s1. The number of aliphatic hydroxyl groups excluding tert-OH is 2. The van der Waals surface area contributed by atoms with E-state index >= 15 is 0 Å². The maximum absolute atomic E-state index is 12.1. The quantitative estimate of drug-likeness (QED) is 0.500. The summed E-state index contributed by atoms with van der Waals surface area (Å²) in [6.07, 6.45) is -3.21. The Kier molecular flexibility index (Phi) is 4.59. The van der Waals surface area contributed by atoms with Crippen LogP contribution in [0.1, 0.15) is 6.23 Å². The number of ether oxygens (including phenoxy) is 2. The van der Waals surface area contributed by atoms with Gasteiger partial charge in [-0.15, -0.1) is 0 Å². The third-order valence-electron chi connectivity index (χ3n) is 4.48. The molecular weight excluding hydrogens is 372 g/mol. The SMILES string of the molecule is O=c1ccn([C@@H]2O[C@H](CO)[C@@H](O)[C@H]2Oc2ccc3ccc(=O)oc3c2)c(=O)[nH]1. The van der Waals surface area contributed by atoms with Crippen molar-refractivity contribution in [2.45, 2.75) is 24.5 Å². The minimum atomic E-state index is -1.26. The minimum absolute atomic E-state index is 0.260. The Balaban J connectivity index is 1.71. The van der Waals surface area contributed by atoms with Gasteiger partial charge in [0.25, 0.3) is 5.56 Å². The average molecular weight is 388 g/mol. The second-order valence-electron chi connectivity index (χ2n) is 6.29. The van der Waals surface area contributed by atoms with Crippen LogP contribution in [0.15, 0.2) is 61.4 Å². The minimum Gasteiger partial charge on any atom is -0.483 e. The predicted molar refractivity (Wildman–Crippen MR) is 95.2 cm³/mol. The molecule has 0 unspecified atom stereocenters. The van der Waals surface area contributed by atoms with E-state index in [1.807, 2.05) is 0 Å². The van der Waals surface area contributed by atoms with Crippen molar-refractivity contribution in [2.24, 2.45) is 0 Å². The van der Waals surface area contributed by atoms with Crippen LogP contribution < -0.4 is 21.6 Å². The summed E-state index contributed by atoms with van der Waals surface area (Å²) in [4.78, 5) is 36.9. The van der Waals surface area contributed by atoms with Crippen LogP contribution in [0.4, 0.5) is 0 Å². The van der Waals surface area contributed by atoms with Crippen LogP contribution in [0.2, 0.25) is 0 Å². The van der Waals surface area contributed by atoms with Gasteiger partial charge in [-0.1, -0.05) is 0 Å². The molecule has 1 fully saturated rings. The lowest BCUT2D eigenvalue weighted by Gasteiger charge is -2.23. The summed E-state index contributed by atoms with van der Waals surface area (Å²) >= 11 is 0. The molecule has 3 N–H and O–H groups in total. The van der Waals surface area contributed by atoms with Crippen molar-refractivity contribution in [3.05, 3.63) is 73.9 Å². The third kappa shape index (κ3) is 3.24. The van der Waals surface area contributed by atoms with Crippen LogP contribution in [0, 0.1) is 0 Å². The van der Waals surface area contributed by atoms with Crippen molar-refractivity contribution >= 4 is 11.0 Å². The highest BCUT2D eigenvalue weighted by molar-refractivity contribution is 5.77. The summed E-state index contributed by atoms with van der Waals surface area (Å²) in [7, 11) is 0. The third-order valence-corrected chi connectivity index (χ3v) is 4.48. The monoisotopic (exact) mass is 388 g/mol. The van der Waals surface area contributed by atoms with Gasteiger partial charge in [-0.25, -0.2) is 9.59 Å². The summed E-state index contributed by atoms with van der Waals surface area (Å²) in [6.45, 7) is -0.498. The van der Waals surface area contributed by atoms with Gasteiger partial charge < -0.3 is 24.1 Å². The molecule has 1 aliphatic rings. The van der Waals surface area contributed by atoms with Gasteiger partial charge in [-0.3, -0.25) is 14.3 Å². The normalized spacial score (nSPS) is 24.5. The summed E-state index contributed by atoms with van der Waals surface area (Å²) in [5.74, 6) is 0.260. The number of nitrogens with one attached hydrogen (secondary N) is 1. The highest BCUT2D eigenvalue weighted by atomic mass is 16.6. The summed E-state index contributed by atoms with van der Waals surface area (Å²) < 4.78 is 17.6. The Morgan fingerprint density at radius 3 is 2.68 bits per heavy atom. The van der Waals surface area contributed by atoms with E-state index < -0.39 is 48.0 Å². The molecule has 3 aromatic rings. The zero-order valence-corrected chi connectivity index (χ0v) is 14.3. The van der Waals surface area contributed by atoms with Crippen molar-refractivity contribution in [1.82, 2.24) is 9.55 Å². The predicted octanol–water partition coefficient (Wildman–Crippen LogP) is -0.659. The molecule has 28 heavy (non-hydrogen) atoms. The van der Waals surface area contributed by atoms with Gasteiger partial charge >= 0.3 is 11.3 Å². The number of hydrogen-bond acceptors (Lipinski definition) is 8. The Labute approximate surface area is 156 Å². The van der Waals surface area contributed by atoms with E-state index in [-0.39, 0.29) is 11.3 Å². The molecule has 0 spiro atoms. The molecule has 2 aromatic heterocycles. The summed E-state index contributed by atoms with van der Waals surface area (Å²) in [6, 6.07) is 8.77. The van der Waals surface area contributed by atoms with E-state index in [9.17, 15) is 24.6 Å². The van der Waals surface area contributed by atoms with Gasteiger partial charge in [0.15, 0.2) is 12.3 Å². The van der Waals surface area contributed by atoms with Crippen molar-refractivity contribution < 1.29 is 24.1 Å².